The molecule has 2 amide bonds. The monoisotopic (exact) mass is 481 g/mol. The summed E-state index contributed by atoms with van der Waals surface area (Å²) in [5.74, 6) is -0.399. The number of amides is 2. The third-order valence-electron chi connectivity index (χ3n) is 5.28. The summed E-state index contributed by atoms with van der Waals surface area (Å²) in [6.07, 6.45) is 5.38. The molecule has 0 saturated heterocycles. The summed E-state index contributed by atoms with van der Waals surface area (Å²) in [6, 6.07) is 11.3. The molecule has 4 rings (SSSR count). The lowest BCUT2D eigenvalue weighted by Gasteiger charge is -2.24. The summed E-state index contributed by atoms with van der Waals surface area (Å²) in [4.78, 5) is 31.8. The van der Waals surface area contributed by atoms with E-state index >= 15 is 0 Å². The topological polar surface area (TPSA) is 134 Å². The number of benzene rings is 2. The molecule has 1 aliphatic rings. The van der Waals surface area contributed by atoms with Crippen LogP contribution in [0.25, 0.3) is 0 Å². The molecule has 2 N–H and O–H groups in total. The molecule has 2 aromatic carbocycles. The molecular formula is C23H23N5O5S. The van der Waals surface area contributed by atoms with Gasteiger partial charge >= 0.3 is 0 Å². The highest BCUT2D eigenvalue weighted by molar-refractivity contribution is 7.90. The van der Waals surface area contributed by atoms with Gasteiger partial charge in [-0.1, -0.05) is 6.07 Å². The second-order valence-corrected chi connectivity index (χ2v) is 9.69. The predicted molar refractivity (Wildman–Crippen MR) is 126 cm³/mol. The van der Waals surface area contributed by atoms with E-state index in [0.29, 0.717) is 41.9 Å². The minimum atomic E-state index is -3.44. The maximum absolute atomic E-state index is 13.0. The van der Waals surface area contributed by atoms with Gasteiger partial charge in [0.1, 0.15) is 16.3 Å². The van der Waals surface area contributed by atoms with Crippen molar-refractivity contribution < 1.29 is 22.7 Å². The van der Waals surface area contributed by atoms with Crippen molar-refractivity contribution in [3.8, 4) is 5.75 Å². The van der Waals surface area contributed by atoms with Crippen LogP contribution in [0, 0.1) is 0 Å². The van der Waals surface area contributed by atoms with E-state index in [1.165, 1.54) is 30.7 Å². The maximum atomic E-state index is 13.0. The van der Waals surface area contributed by atoms with Gasteiger partial charge in [0.05, 0.1) is 19.1 Å². The molecule has 0 bridgehead atoms. The van der Waals surface area contributed by atoms with Crippen molar-refractivity contribution in [3.63, 3.8) is 0 Å². The van der Waals surface area contributed by atoms with E-state index < -0.39 is 9.84 Å². The van der Waals surface area contributed by atoms with Gasteiger partial charge in [0.25, 0.3) is 11.8 Å². The molecule has 11 heteroatoms. The van der Waals surface area contributed by atoms with Crippen molar-refractivity contribution in [2.24, 2.45) is 5.10 Å². The van der Waals surface area contributed by atoms with Gasteiger partial charge in [-0.15, -0.1) is 0 Å². The number of aromatic amines is 1. The average Bonchev–Trinajstić information content (AvgIpc) is 3.38. The number of imidazole rings is 1. The Morgan fingerprint density at radius 3 is 2.56 bits per heavy atom. The number of sulfone groups is 1. The summed E-state index contributed by atoms with van der Waals surface area (Å²) >= 11 is 0. The number of H-pyrrole nitrogens is 1. The lowest BCUT2D eigenvalue weighted by atomic mass is 10.0. The SMILES string of the molecule is COc1cc(C2=NN(C(=O)c3ccc(NC(=O)c4c[nH]cn4)cc3)CCC2)ccc1S(C)(=O)=O. The van der Waals surface area contributed by atoms with Crippen LogP contribution in [0.2, 0.25) is 0 Å². The van der Waals surface area contributed by atoms with Crippen LogP contribution in [-0.4, -0.2) is 60.8 Å². The fourth-order valence-electron chi connectivity index (χ4n) is 3.57. The van der Waals surface area contributed by atoms with Gasteiger partial charge in [0, 0.05) is 35.8 Å². The number of aromatic nitrogens is 2. The molecule has 34 heavy (non-hydrogen) atoms. The Balaban J connectivity index is 1.51. The fraction of sp³-hybridized carbons (Fsp3) is 0.217. The van der Waals surface area contributed by atoms with Crippen molar-refractivity contribution in [2.75, 3.05) is 25.2 Å². The highest BCUT2D eigenvalue weighted by Gasteiger charge is 2.22. The number of hydrazone groups is 1. The molecule has 0 unspecified atom stereocenters. The van der Waals surface area contributed by atoms with Crippen molar-refractivity contribution in [1.29, 1.82) is 0 Å². The minimum Gasteiger partial charge on any atom is -0.495 e. The highest BCUT2D eigenvalue weighted by atomic mass is 32.2. The lowest BCUT2D eigenvalue weighted by Crippen LogP contribution is -2.32. The Morgan fingerprint density at radius 1 is 1.15 bits per heavy atom. The Hall–Kier alpha value is -3.99. The van der Waals surface area contributed by atoms with E-state index in [9.17, 15) is 18.0 Å². The number of carbonyl (C=O) groups excluding carboxylic acids is 2. The zero-order valence-electron chi connectivity index (χ0n) is 18.6. The van der Waals surface area contributed by atoms with Gasteiger partial charge in [-0.05, 0) is 49.2 Å². The van der Waals surface area contributed by atoms with Crippen molar-refractivity contribution >= 4 is 33.1 Å². The lowest BCUT2D eigenvalue weighted by molar-refractivity contribution is 0.0751. The summed E-state index contributed by atoms with van der Waals surface area (Å²) in [7, 11) is -2.03. The van der Waals surface area contributed by atoms with Crippen LogP contribution >= 0.6 is 0 Å². The molecule has 3 aromatic rings. The molecular weight excluding hydrogens is 458 g/mol. The number of nitrogens with one attached hydrogen (secondary N) is 2. The van der Waals surface area contributed by atoms with Gasteiger partial charge in [-0.3, -0.25) is 9.59 Å². The van der Waals surface area contributed by atoms with E-state index in [4.69, 9.17) is 4.74 Å². The van der Waals surface area contributed by atoms with Crippen molar-refractivity contribution in [1.82, 2.24) is 15.0 Å². The Kier molecular flexibility index (Phi) is 6.46. The van der Waals surface area contributed by atoms with Crippen LogP contribution in [0.4, 0.5) is 5.69 Å². The van der Waals surface area contributed by atoms with E-state index in [1.54, 1.807) is 36.4 Å². The number of anilines is 1. The molecule has 0 fully saturated rings. The first kappa shape index (κ1) is 23.2. The number of methoxy groups -OCH3 is 1. The van der Waals surface area contributed by atoms with E-state index in [2.05, 4.69) is 20.4 Å². The molecule has 0 radical (unpaired) electrons. The zero-order chi connectivity index (χ0) is 24.3. The normalized spacial score (nSPS) is 13.8. The summed E-state index contributed by atoms with van der Waals surface area (Å²) in [5, 5.41) is 8.63. The molecule has 0 spiro atoms. The molecule has 0 atom stereocenters. The Morgan fingerprint density at radius 2 is 1.91 bits per heavy atom. The van der Waals surface area contributed by atoms with Crippen LogP contribution in [0.3, 0.4) is 0 Å². The molecule has 1 aromatic heterocycles. The first-order chi connectivity index (χ1) is 16.3. The summed E-state index contributed by atoms with van der Waals surface area (Å²) < 4.78 is 29.2. The number of ether oxygens (including phenoxy) is 1. The van der Waals surface area contributed by atoms with Gasteiger partial charge in [0.2, 0.25) is 0 Å². The minimum absolute atomic E-state index is 0.0996. The van der Waals surface area contributed by atoms with Gasteiger partial charge in [-0.25, -0.2) is 18.4 Å². The number of rotatable bonds is 6. The largest absolute Gasteiger partial charge is 0.495 e. The summed E-state index contributed by atoms with van der Waals surface area (Å²) in [6.45, 7) is 0.457. The van der Waals surface area contributed by atoms with E-state index in [0.717, 1.165) is 6.26 Å². The molecule has 2 heterocycles. The molecule has 10 nitrogen and oxygen atoms in total. The summed E-state index contributed by atoms with van der Waals surface area (Å²) in [5.41, 5.74) is 2.58. The average molecular weight is 482 g/mol. The molecule has 0 saturated carbocycles. The third-order valence-corrected chi connectivity index (χ3v) is 6.41. The number of nitrogens with zero attached hydrogens (tertiary/aromatic N) is 3. The quantitative estimate of drug-likeness (QED) is 0.556. The fourth-order valence-corrected chi connectivity index (χ4v) is 4.39. The smallest absolute Gasteiger partial charge is 0.275 e. The first-order valence-corrected chi connectivity index (χ1v) is 12.3. The number of carbonyl (C=O) groups is 2. The number of hydrogen-bond acceptors (Lipinski definition) is 7. The molecule has 0 aliphatic carbocycles. The van der Waals surface area contributed by atoms with Crippen LogP contribution < -0.4 is 10.1 Å². The van der Waals surface area contributed by atoms with E-state index in [1.807, 2.05) is 0 Å². The Labute approximate surface area is 196 Å². The van der Waals surface area contributed by atoms with Crippen LogP contribution in [0.1, 0.15) is 39.3 Å². The van der Waals surface area contributed by atoms with Crippen molar-refractivity contribution in [2.45, 2.75) is 17.7 Å². The highest BCUT2D eigenvalue weighted by Crippen LogP contribution is 2.27. The standard InChI is InChI=1S/C23H23N5O5S/c1-33-20-12-16(7-10-21(20)34(2,31)32)18-4-3-11-28(27-18)23(30)15-5-8-17(9-6-15)26-22(29)19-13-24-14-25-19/h5-10,12-14H,3-4,11H2,1-2H3,(H,24,25)(H,26,29). The maximum Gasteiger partial charge on any atom is 0.275 e. The van der Waals surface area contributed by atoms with Gasteiger partial charge in [0.15, 0.2) is 9.84 Å². The van der Waals surface area contributed by atoms with Crippen molar-refractivity contribution in [3.05, 3.63) is 71.8 Å². The van der Waals surface area contributed by atoms with E-state index in [-0.39, 0.29) is 28.2 Å². The first-order valence-electron chi connectivity index (χ1n) is 10.4. The second kappa shape index (κ2) is 9.48. The second-order valence-electron chi connectivity index (χ2n) is 7.70. The van der Waals surface area contributed by atoms with Crippen LogP contribution in [-0.2, 0) is 9.84 Å². The zero-order valence-corrected chi connectivity index (χ0v) is 19.4. The number of hydrogen-bond donors (Lipinski definition) is 2. The third kappa shape index (κ3) is 4.99. The van der Waals surface area contributed by atoms with Crippen LogP contribution in [0.15, 0.2) is 65.0 Å². The molecule has 176 valence electrons. The van der Waals surface area contributed by atoms with Gasteiger partial charge < -0.3 is 15.0 Å². The van der Waals surface area contributed by atoms with Gasteiger partial charge in [-0.2, -0.15) is 5.10 Å². The Bertz CT molecular complexity index is 1350. The van der Waals surface area contributed by atoms with Crippen LogP contribution in [0.5, 0.6) is 5.75 Å². The molecule has 1 aliphatic heterocycles. The predicted octanol–water partition coefficient (Wildman–Crippen LogP) is 2.71.